The molecule has 26 heavy (non-hydrogen) atoms. The number of carbonyl (C=O) groups is 1. The Morgan fingerprint density at radius 1 is 1.23 bits per heavy atom. The molecule has 8 heteroatoms. The van der Waals surface area contributed by atoms with Crippen LogP contribution >= 0.6 is 0 Å². The molecule has 0 saturated heterocycles. The van der Waals surface area contributed by atoms with Gasteiger partial charge in [-0.1, -0.05) is 12.1 Å². The quantitative estimate of drug-likeness (QED) is 0.286. The Labute approximate surface area is 154 Å². The number of carbonyl (C=O) groups excluding carboxylic acids is 1. The number of halogens is 1. The van der Waals surface area contributed by atoms with Crippen molar-refractivity contribution in [1.82, 2.24) is 10.6 Å². The second-order valence-electron chi connectivity index (χ2n) is 5.77. The largest absolute Gasteiger partial charge is 0.382 e. The fraction of sp³-hybridized carbons (Fsp3) is 0.556. The average Bonchev–Trinajstić information content (AvgIpc) is 2.63. The van der Waals surface area contributed by atoms with E-state index in [1.165, 1.54) is 12.1 Å². The van der Waals surface area contributed by atoms with E-state index in [0.29, 0.717) is 45.3 Å². The first-order valence-corrected chi connectivity index (χ1v) is 8.61. The van der Waals surface area contributed by atoms with Gasteiger partial charge in [0.1, 0.15) is 5.82 Å². The Hall–Kier alpha value is -2.19. The van der Waals surface area contributed by atoms with Gasteiger partial charge in [0, 0.05) is 33.9 Å². The number of rotatable bonds is 12. The number of hydrogen-bond acceptors (Lipinski definition) is 4. The van der Waals surface area contributed by atoms with E-state index in [1.807, 2.05) is 0 Å². The highest BCUT2D eigenvalue weighted by Crippen LogP contribution is 2.09. The Morgan fingerprint density at radius 2 is 1.96 bits per heavy atom. The van der Waals surface area contributed by atoms with Gasteiger partial charge in [-0.2, -0.15) is 0 Å². The number of nitrogens with zero attached hydrogens (tertiary/aromatic N) is 1. The maximum Gasteiger partial charge on any atom is 0.222 e. The molecule has 1 unspecified atom stereocenters. The van der Waals surface area contributed by atoms with Crippen LogP contribution in [0.1, 0.15) is 12.0 Å². The standard InChI is InChI=1S/C18H29FN4O3/c1-21-18(22-8-3-9-26-11-10-25-2)23-13-15(17(20)24)12-14-4-6-16(19)7-5-14/h4-7,15H,3,8-13H2,1-2H3,(H2,20,24)(H2,21,22,23). The molecule has 0 heterocycles. The zero-order valence-corrected chi connectivity index (χ0v) is 15.5. The van der Waals surface area contributed by atoms with Gasteiger partial charge < -0.3 is 25.8 Å². The predicted octanol–water partition coefficient (Wildman–Crippen LogP) is 0.688. The Bertz CT molecular complexity index is 552. The number of aliphatic imine (C=N–C) groups is 1. The van der Waals surface area contributed by atoms with E-state index in [1.54, 1.807) is 26.3 Å². The van der Waals surface area contributed by atoms with Crippen LogP contribution in [0, 0.1) is 11.7 Å². The smallest absolute Gasteiger partial charge is 0.222 e. The number of guanidine groups is 1. The summed E-state index contributed by atoms with van der Waals surface area (Å²) < 4.78 is 23.3. The molecule has 1 rings (SSSR count). The monoisotopic (exact) mass is 368 g/mol. The molecule has 0 radical (unpaired) electrons. The minimum absolute atomic E-state index is 0.307. The van der Waals surface area contributed by atoms with Gasteiger partial charge in [-0.15, -0.1) is 0 Å². The van der Waals surface area contributed by atoms with Crippen molar-refractivity contribution in [3.63, 3.8) is 0 Å². The van der Waals surface area contributed by atoms with Gasteiger partial charge in [-0.25, -0.2) is 4.39 Å². The van der Waals surface area contributed by atoms with E-state index in [9.17, 15) is 9.18 Å². The molecule has 0 aliphatic carbocycles. The van der Waals surface area contributed by atoms with E-state index in [0.717, 1.165) is 12.0 Å². The Morgan fingerprint density at radius 3 is 2.58 bits per heavy atom. The fourth-order valence-electron chi connectivity index (χ4n) is 2.24. The van der Waals surface area contributed by atoms with E-state index in [4.69, 9.17) is 15.2 Å². The molecule has 0 aliphatic heterocycles. The number of nitrogens with two attached hydrogens (primary N) is 1. The van der Waals surface area contributed by atoms with Crippen LogP contribution in [-0.4, -0.2) is 58.9 Å². The summed E-state index contributed by atoms with van der Waals surface area (Å²) in [5, 5.41) is 6.25. The van der Waals surface area contributed by atoms with E-state index in [2.05, 4.69) is 15.6 Å². The SMILES string of the molecule is CN=C(NCCCOCCOC)NCC(Cc1ccc(F)cc1)C(N)=O. The van der Waals surface area contributed by atoms with Crippen LogP contribution in [0.5, 0.6) is 0 Å². The number of methoxy groups -OCH3 is 1. The Balaban J connectivity index is 2.34. The number of primary amides is 1. The first-order valence-electron chi connectivity index (χ1n) is 8.61. The summed E-state index contributed by atoms with van der Waals surface area (Å²) in [6.45, 7) is 2.82. The zero-order valence-electron chi connectivity index (χ0n) is 15.5. The third-order valence-electron chi connectivity index (χ3n) is 3.73. The van der Waals surface area contributed by atoms with Crippen LogP contribution < -0.4 is 16.4 Å². The molecular formula is C18H29FN4O3. The highest BCUT2D eigenvalue weighted by Gasteiger charge is 2.16. The highest BCUT2D eigenvalue weighted by molar-refractivity contribution is 5.81. The topological polar surface area (TPSA) is 98.0 Å². The van der Waals surface area contributed by atoms with Gasteiger partial charge in [0.05, 0.1) is 19.1 Å². The second-order valence-corrected chi connectivity index (χ2v) is 5.77. The lowest BCUT2D eigenvalue weighted by molar-refractivity contribution is -0.121. The zero-order chi connectivity index (χ0) is 19.2. The van der Waals surface area contributed by atoms with Crippen molar-refractivity contribution < 1.29 is 18.7 Å². The molecule has 0 fully saturated rings. The molecule has 7 nitrogen and oxygen atoms in total. The van der Waals surface area contributed by atoms with Crippen molar-refractivity contribution >= 4 is 11.9 Å². The molecule has 146 valence electrons. The van der Waals surface area contributed by atoms with Crippen molar-refractivity contribution in [1.29, 1.82) is 0 Å². The molecule has 1 aromatic rings. The molecule has 1 amide bonds. The number of amides is 1. The molecule has 0 aromatic heterocycles. The average molecular weight is 368 g/mol. The first kappa shape index (κ1) is 21.9. The van der Waals surface area contributed by atoms with Gasteiger partial charge in [0.25, 0.3) is 0 Å². The van der Waals surface area contributed by atoms with Gasteiger partial charge in [0.15, 0.2) is 5.96 Å². The van der Waals surface area contributed by atoms with Gasteiger partial charge in [0.2, 0.25) is 5.91 Å². The predicted molar refractivity (Wildman–Crippen MR) is 99.5 cm³/mol. The third kappa shape index (κ3) is 9.33. The van der Waals surface area contributed by atoms with Crippen LogP contribution in [0.4, 0.5) is 4.39 Å². The molecule has 4 N–H and O–H groups in total. The minimum Gasteiger partial charge on any atom is -0.382 e. The summed E-state index contributed by atoms with van der Waals surface area (Å²) in [5.74, 6) is -0.550. The summed E-state index contributed by atoms with van der Waals surface area (Å²) in [5.41, 5.74) is 6.34. The van der Waals surface area contributed by atoms with Crippen molar-refractivity contribution in [2.75, 3.05) is 47.1 Å². The number of nitrogens with one attached hydrogen (secondary N) is 2. The molecule has 0 bridgehead atoms. The van der Waals surface area contributed by atoms with Crippen molar-refractivity contribution in [2.45, 2.75) is 12.8 Å². The number of hydrogen-bond donors (Lipinski definition) is 3. The van der Waals surface area contributed by atoms with Crippen molar-refractivity contribution in [2.24, 2.45) is 16.6 Å². The molecular weight excluding hydrogens is 339 g/mol. The molecule has 1 aromatic carbocycles. The fourth-order valence-corrected chi connectivity index (χ4v) is 2.24. The summed E-state index contributed by atoms with van der Waals surface area (Å²) in [6, 6.07) is 6.05. The van der Waals surface area contributed by atoms with E-state index in [-0.39, 0.29) is 5.82 Å². The first-order chi connectivity index (χ1) is 12.6. The van der Waals surface area contributed by atoms with Gasteiger partial charge in [-0.05, 0) is 30.5 Å². The Kier molecular flexibility index (Phi) is 11.0. The van der Waals surface area contributed by atoms with Crippen LogP contribution in [0.3, 0.4) is 0 Å². The summed E-state index contributed by atoms with van der Waals surface area (Å²) >= 11 is 0. The van der Waals surface area contributed by atoms with E-state index < -0.39 is 11.8 Å². The second kappa shape index (κ2) is 13.1. The molecule has 1 atom stereocenters. The summed E-state index contributed by atoms with van der Waals surface area (Å²) in [7, 11) is 3.29. The summed E-state index contributed by atoms with van der Waals surface area (Å²) in [6.07, 6.45) is 1.26. The molecule has 0 spiro atoms. The van der Waals surface area contributed by atoms with Crippen LogP contribution in [0.15, 0.2) is 29.3 Å². The minimum atomic E-state index is -0.420. The maximum absolute atomic E-state index is 13.0. The lowest BCUT2D eigenvalue weighted by Gasteiger charge is -2.17. The normalized spacial score (nSPS) is 12.7. The van der Waals surface area contributed by atoms with Crippen LogP contribution in [0.2, 0.25) is 0 Å². The number of ether oxygens (including phenoxy) is 2. The van der Waals surface area contributed by atoms with Crippen LogP contribution in [-0.2, 0) is 20.7 Å². The molecule has 0 aliphatic rings. The lowest BCUT2D eigenvalue weighted by Crippen LogP contribution is -2.43. The highest BCUT2D eigenvalue weighted by atomic mass is 19.1. The van der Waals surface area contributed by atoms with Crippen molar-refractivity contribution in [3.8, 4) is 0 Å². The van der Waals surface area contributed by atoms with Crippen LogP contribution in [0.25, 0.3) is 0 Å². The lowest BCUT2D eigenvalue weighted by atomic mass is 9.98. The third-order valence-corrected chi connectivity index (χ3v) is 3.73. The summed E-state index contributed by atoms with van der Waals surface area (Å²) in [4.78, 5) is 15.8. The number of benzene rings is 1. The van der Waals surface area contributed by atoms with Crippen molar-refractivity contribution in [3.05, 3.63) is 35.6 Å². The van der Waals surface area contributed by atoms with Gasteiger partial charge in [-0.3, -0.25) is 9.79 Å². The van der Waals surface area contributed by atoms with Gasteiger partial charge >= 0.3 is 0 Å². The van der Waals surface area contributed by atoms with E-state index >= 15 is 0 Å². The molecule has 0 saturated carbocycles. The maximum atomic E-state index is 13.0.